The monoisotopic (exact) mass is 201 g/mol. The van der Waals surface area contributed by atoms with Crippen molar-refractivity contribution in [3.8, 4) is 0 Å². The average molecular weight is 201 g/mol. The van der Waals surface area contributed by atoms with Crippen molar-refractivity contribution in [3.05, 3.63) is 42.0 Å². The minimum absolute atomic E-state index is 0.960. The fourth-order valence-electron chi connectivity index (χ4n) is 1.52. The summed E-state index contributed by atoms with van der Waals surface area (Å²) in [4.78, 5) is 4.48. The van der Waals surface area contributed by atoms with E-state index in [1.54, 1.807) is 6.08 Å². The van der Waals surface area contributed by atoms with Crippen LogP contribution in [0.25, 0.3) is 0 Å². The van der Waals surface area contributed by atoms with Crippen LogP contribution in [0.4, 0.5) is 5.69 Å². The standard InChI is InChI=1S/C14H19N/c1-5-7-13-8-9-14(11(3)10-13)15-12(4)6-2/h6,8-10H,2,5,7H2,1,3-4H3. The molecule has 0 N–H and O–H groups in total. The molecule has 0 aliphatic heterocycles. The lowest BCUT2D eigenvalue weighted by atomic mass is 10.1. The van der Waals surface area contributed by atoms with Crippen molar-refractivity contribution in [1.82, 2.24) is 0 Å². The number of nitrogens with zero attached hydrogens (tertiary/aromatic N) is 1. The summed E-state index contributed by atoms with van der Waals surface area (Å²) < 4.78 is 0. The van der Waals surface area contributed by atoms with Gasteiger partial charge in [-0.1, -0.05) is 32.1 Å². The quantitative estimate of drug-likeness (QED) is 0.646. The summed E-state index contributed by atoms with van der Waals surface area (Å²) in [5.41, 5.74) is 4.64. The van der Waals surface area contributed by atoms with Crippen LogP contribution in [0.2, 0.25) is 0 Å². The highest BCUT2D eigenvalue weighted by atomic mass is 14.7. The Labute approximate surface area is 92.6 Å². The summed E-state index contributed by atoms with van der Waals surface area (Å²) in [5.74, 6) is 0. The van der Waals surface area contributed by atoms with Crippen molar-refractivity contribution in [2.45, 2.75) is 33.6 Å². The first-order valence-electron chi connectivity index (χ1n) is 5.44. The molecule has 1 rings (SSSR count). The highest BCUT2D eigenvalue weighted by Crippen LogP contribution is 2.20. The van der Waals surface area contributed by atoms with E-state index in [0.29, 0.717) is 0 Å². The van der Waals surface area contributed by atoms with Gasteiger partial charge >= 0.3 is 0 Å². The van der Waals surface area contributed by atoms with E-state index < -0.39 is 0 Å². The predicted octanol–water partition coefficient (Wildman–Crippen LogP) is 4.23. The molecule has 0 saturated heterocycles. The van der Waals surface area contributed by atoms with E-state index in [0.717, 1.165) is 17.8 Å². The number of allylic oxidation sites excluding steroid dienone is 1. The molecule has 1 aromatic carbocycles. The molecule has 0 heterocycles. The Kier molecular flexibility index (Phi) is 4.29. The summed E-state index contributed by atoms with van der Waals surface area (Å²) in [6.45, 7) is 9.97. The van der Waals surface area contributed by atoms with Gasteiger partial charge < -0.3 is 0 Å². The van der Waals surface area contributed by atoms with Gasteiger partial charge in [-0.25, -0.2) is 0 Å². The van der Waals surface area contributed by atoms with Gasteiger partial charge in [0.15, 0.2) is 0 Å². The summed E-state index contributed by atoms with van der Waals surface area (Å²) in [6.07, 6.45) is 4.11. The minimum atomic E-state index is 0.960. The normalized spacial score (nSPS) is 11.5. The number of aryl methyl sites for hydroxylation is 2. The van der Waals surface area contributed by atoms with E-state index in [4.69, 9.17) is 0 Å². The summed E-state index contributed by atoms with van der Waals surface area (Å²) in [5, 5.41) is 0. The molecule has 0 amide bonds. The van der Waals surface area contributed by atoms with Crippen molar-refractivity contribution >= 4 is 11.4 Å². The molecule has 0 atom stereocenters. The van der Waals surface area contributed by atoms with E-state index in [9.17, 15) is 0 Å². The SMILES string of the molecule is C=CC(C)=Nc1ccc(CCC)cc1C. The van der Waals surface area contributed by atoms with Crippen LogP contribution in [-0.4, -0.2) is 5.71 Å². The van der Waals surface area contributed by atoms with Crippen LogP contribution in [0.5, 0.6) is 0 Å². The summed E-state index contributed by atoms with van der Waals surface area (Å²) >= 11 is 0. The third-order valence-electron chi connectivity index (χ3n) is 2.39. The zero-order valence-electron chi connectivity index (χ0n) is 9.88. The lowest BCUT2D eigenvalue weighted by molar-refractivity contribution is 0.920. The maximum absolute atomic E-state index is 4.48. The molecule has 80 valence electrons. The largest absolute Gasteiger partial charge is 0.254 e. The molecule has 0 radical (unpaired) electrons. The average Bonchev–Trinajstić information content (AvgIpc) is 2.22. The van der Waals surface area contributed by atoms with Crippen molar-refractivity contribution < 1.29 is 0 Å². The lowest BCUT2D eigenvalue weighted by Crippen LogP contribution is -1.87. The second kappa shape index (κ2) is 5.50. The van der Waals surface area contributed by atoms with Gasteiger partial charge in [-0.05, 0) is 43.5 Å². The molecule has 0 fully saturated rings. The number of aliphatic imine (C=N–C) groups is 1. The fourth-order valence-corrected chi connectivity index (χ4v) is 1.52. The second-order valence-corrected chi connectivity index (χ2v) is 3.83. The Morgan fingerprint density at radius 1 is 1.47 bits per heavy atom. The molecule has 15 heavy (non-hydrogen) atoms. The Morgan fingerprint density at radius 2 is 2.20 bits per heavy atom. The van der Waals surface area contributed by atoms with Gasteiger partial charge in [0.25, 0.3) is 0 Å². The molecule has 0 unspecified atom stereocenters. The molecular weight excluding hydrogens is 182 g/mol. The fraction of sp³-hybridized carbons (Fsp3) is 0.357. The van der Waals surface area contributed by atoms with Crippen LogP contribution in [-0.2, 0) is 6.42 Å². The maximum Gasteiger partial charge on any atom is 0.0662 e. The number of hydrogen-bond donors (Lipinski definition) is 0. The maximum atomic E-state index is 4.48. The van der Waals surface area contributed by atoms with Crippen LogP contribution in [0.1, 0.15) is 31.4 Å². The topological polar surface area (TPSA) is 12.4 Å². The summed E-state index contributed by atoms with van der Waals surface area (Å²) in [6, 6.07) is 6.47. The van der Waals surface area contributed by atoms with Crippen molar-refractivity contribution in [3.63, 3.8) is 0 Å². The minimum Gasteiger partial charge on any atom is -0.254 e. The van der Waals surface area contributed by atoms with Crippen LogP contribution < -0.4 is 0 Å². The van der Waals surface area contributed by atoms with Crippen LogP contribution in [0.3, 0.4) is 0 Å². The van der Waals surface area contributed by atoms with E-state index in [1.807, 2.05) is 6.92 Å². The zero-order valence-corrected chi connectivity index (χ0v) is 9.88. The first-order chi connectivity index (χ1) is 7.17. The molecule has 1 aromatic rings. The number of rotatable bonds is 4. The molecule has 0 bridgehead atoms. The van der Waals surface area contributed by atoms with E-state index >= 15 is 0 Å². The highest BCUT2D eigenvalue weighted by molar-refractivity contribution is 5.94. The smallest absolute Gasteiger partial charge is 0.0662 e. The van der Waals surface area contributed by atoms with Gasteiger partial charge in [0.05, 0.1) is 5.69 Å². The van der Waals surface area contributed by atoms with Gasteiger partial charge in [0.1, 0.15) is 0 Å². The van der Waals surface area contributed by atoms with E-state index in [1.165, 1.54) is 17.5 Å². The third kappa shape index (κ3) is 3.35. The van der Waals surface area contributed by atoms with Crippen LogP contribution in [0.15, 0.2) is 35.8 Å². The Balaban J connectivity index is 2.97. The van der Waals surface area contributed by atoms with Crippen LogP contribution in [0, 0.1) is 6.92 Å². The molecule has 1 heteroatoms. The molecule has 0 aliphatic carbocycles. The first-order valence-corrected chi connectivity index (χ1v) is 5.44. The van der Waals surface area contributed by atoms with Crippen molar-refractivity contribution in [2.75, 3.05) is 0 Å². The predicted molar refractivity (Wildman–Crippen MR) is 68.1 cm³/mol. The van der Waals surface area contributed by atoms with Crippen molar-refractivity contribution in [1.29, 1.82) is 0 Å². The Bertz CT molecular complexity index is 375. The molecule has 0 spiro atoms. The van der Waals surface area contributed by atoms with Crippen LogP contribution >= 0.6 is 0 Å². The molecule has 0 saturated carbocycles. The van der Waals surface area contributed by atoms with Gasteiger partial charge in [-0.15, -0.1) is 0 Å². The lowest BCUT2D eigenvalue weighted by Gasteiger charge is -2.04. The Morgan fingerprint density at radius 3 is 2.73 bits per heavy atom. The zero-order chi connectivity index (χ0) is 11.3. The summed E-state index contributed by atoms with van der Waals surface area (Å²) in [7, 11) is 0. The van der Waals surface area contributed by atoms with Crippen molar-refractivity contribution in [2.24, 2.45) is 4.99 Å². The van der Waals surface area contributed by atoms with Gasteiger partial charge in [-0.2, -0.15) is 0 Å². The molecular formula is C14H19N. The Hall–Kier alpha value is -1.37. The molecule has 0 aliphatic rings. The van der Waals surface area contributed by atoms with Gasteiger partial charge in [0, 0.05) is 5.71 Å². The van der Waals surface area contributed by atoms with Gasteiger partial charge in [-0.3, -0.25) is 4.99 Å². The van der Waals surface area contributed by atoms with Gasteiger partial charge in [0.2, 0.25) is 0 Å². The molecule has 0 aromatic heterocycles. The third-order valence-corrected chi connectivity index (χ3v) is 2.39. The second-order valence-electron chi connectivity index (χ2n) is 3.83. The first kappa shape index (κ1) is 11.7. The highest BCUT2D eigenvalue weighted by Gasteiger charge is 1.98. The number of benzene rings is 1. The van der Waals surface area contributed by atoms with E-state index in [-0.39, 0.29) is 0 Å². The molecule has 1 nitrogen and oxygen atoms in total. The number of hydrogen-bond acceptors (Lipinski definition) is 1. The van der Waals surface area contributed by atoms with E-state index in [2.05, 4.69) is 43.6 Å².